The fourth-order valence-corrected chi connectivity index (χ4v) is 4.50. The minimum atomic E-state index is -0.154. The van der Waals surface area contributed by atoms with Gasteiger partial charge in [0.2, 0.25) is 5.82 Å². The molecular weight excluding hydrogens is 402 g/mol. The zero-order valence-electron chi connectivity index (χ0n) is 17.7. The molecule has 1 aromatic carbocycles. The van der Waals surface area contributed by atoms with Crippen LogP contribution in [0.3, 0.4) is 0 Å². The summed E-state index contributed by atoms with van der Waals surface area (Å²) in [5.41, 5.74) is 1.24. The number of benzene rings is 1. The first kappa shape index (κ1) is 21.3. The Hall–Kier alpha value is -1.96. The van der Waals surface area contributed by atoms with Gasteiger partial charge in [-0.25, -0.2) is 0 Å². The van der Waals surface area contributed by atoms with Gasteiger partial charge in [0.15, 0.2) is 5.82 Å². The van der Waals surface area contributed by atoms with Crippen molar-refractivity contribution in [1.82, 2.24) is 25.0 Å². The molecule has 4 rings (SSSR count). The Balaban J connectivity index is 1.44. The number of hydrogen-bond acceptors (Lipinski definition) is 5. The Kier molecular flexibility index (Phi) is 6.41. The number of carbonyl (C=O) groups excluding carboxylic acids is 1. The molecule has 1 spiro atoms. The lowest BCUT2D eigenvalue weighted by molar-refractivity contribution is -0.00570. The van der Waals surface area contributed by atoms with Gasteiger partial charge in [-0.2, -0.15) is 0 Å². The van der Waals surface area contributed by atoms with Crippen LogP contribution in [0.2, 0.25) is 5.02 Å². The van der Waals surface area contributed by atoms with Crippen LogP contribution in [0.4, 0.5) is 0 Å². The lowest BCUT2D eigenvalue weighted by Gasteiger charge is -2.41. The van der Waals surface area contributed by atoms with Crippen LogP contribution >= 0.6 is 11.6 Å². The van der Waals surface area contributed by atoms with Gasteiger partial charge in [0.05, 0.1) is 6.61 Å². The van der Waals surface area contributed by atoms with Crippen molar-refractivity contribution >= 4 is 17.5 Å². The summed E-state index contributed by atoms with van der Waals surface area (Å²) in [7, 11) is 0. The second-order valence-electron chi connectivity index (χ2n) is 8.71. The van der Waals surface area contributed by atoms with Crippen LogP contribution in [0.15, 0.2) is 24.3 Å². The molecule has 3 heterocycles. The largest absolute Gasteiger partial charge is 0.373 e. The number of aromatic nitrogens is 3. The van der Waals surface area contributed by atoms with Crippen LogP contribution in [0, 0.1) is 5.41 Å². The standard InChI is InChI=1S/C22H30ClN5O2/c1-3-16(2)24-21(29)20-26-25-19-13-30-15-22(14-28(19)20)7-9-27(10-8-22)12-17-5-4-6-18(23)11-17/h4-6,11,16H,3,7-10,12-15H2,1-2H3,(H,24,29). The molecule has 0 radical (unpaired) electrons. The van der Waals surface area contributed by atoms with Gasteiger partial charge in [-0.3, -0.25) is 9.69 Å². The molecule has 1 amide bonds. The van der Waals surface area contributed by atoms with Gasteiger partial charge in [0.25, 0.3) is 5.91 Å². The lowest BCUT2D eigenvalue weighted by Crippen LogP contribution is -2.44. The molecule has 0 bridgehead atoms. The maximum atomic E-state index is 12.7. The van der Waals surface area contributed by atoms with Crippen molar-refractivity contribution in [2.24, 2.45) is 5.41 Å². The fraction of sp³-hybridized carbons (Fsp3) is 0.591. The molecule has 30 heavy (non-hydrogen) atoms. The van der Waals surface area contributed by atoms with Crippen LogP contribution in [-0.2, 0) is 24.4 Å². The van der Waals surface area contributed by atoms with Crippen molar-refractivity contribution in [3.05, 3.63) is 46.5 Å². The minimum absolute atomic E-state index is 0.00383. The zero-order valence-corrected chi connectivity index (χ0v) is 18.5. The van der Waals surface area contributed by atoms with E-state index in [9.17, 15) is 4.79 Å². The monoisotopic (exact) mass is 431 g/mol. The van der Waals surface area contributed by atoms with Crippen molar-refractivity contribution in [1.29, 1.82) is 0 Å². The number of halogens is 1. The van der Waals surface area contributed by atoms with Crippen LogP contribution in [-0.4, -0.2) is 51.3 Å². The second kappa shape index (κ2) is 9.04. The van der Waals surface area contributed by atoms with Gasteiger partial charge in [0.1, 0.15) is 6.61 Å². The summed E-state index contributed by atoms with van der Waals surface area (Å²) in [5, 5.41) is 12.2. The maximum absolute atomic E-state index is 12.7. The molecule has 7 nitrogen and oxygen atoms in total. The van der Waals surface area contributed by atoms with Gasteiger partial charge < -0.3 is 14.6 Å². The fourth-order valence-electron chi connectivity index (χ4n) is 4.29. The van der Waals surface area contributed by atoms with E-state index in [1.54, 1.807) is 0 Å². The molecule has 1 saturated heterocycles. The highest BCUT2D eigenvalue weighted by Crippen LogP contribution is 2.37. The zero-order chi connectivity index (χ0) is 21.1. The topological polar surface area (TPSA) is 72.3 Å². The van der Waals surface area contributed by atoms with Gasteiger partial charge in [-0.15, -0.1) is 10.2 Å². The van der Waals surface area contributed by atoms with Crippen LogP contribution in [0.1, 0.15) is 55.1 Å². The molecule has 2 aliphatic heterocycles. The van der Waals surface area contributed by atoms with Crippen molar-refractivity contribution < 1.29 is 9.53 Å². The molecule has 2 aliphatic rings. The number of nitrogens with one attached hydrogen (secondary N) is 1. The Morgan fingerprint density at radius 2 is 2.13 bits per heavy atom. The first-order valence-electron chi connectivity index (χ1n) is 10.8. The Bertz CT molecular complexity index is 891. The molecule has 2 aromatic rings. The molecule has 0 aliphatic carbocycles. The summed E-state index contributed by atoms with van der Waals surface area (Å²) in [6.07, 6.45) is 2.90. The van der Waals surface area contributed by atoms with Crippen LogP contribution in [0.5, 0.6) is 0 Å². The van der Waals surface area contributed by atoms with Gasteiger partial charge in [0, 0.05) is 29.6 Å². The second-order valence-corrected chi connectivity index (χ2v) is 9.14. The number of carbonyl (C=O) groups is 1. The summed E-state index contributed by atoms with van der Waals surface area (Å²) >= 11 is 6.13. The molecule has 1 fully saturated rings. The van der Waals surface area contributed by atoms with Crippen molar-refractivity contribution in [2.75, 3.05) is 19.7 Å². The van der Waals surface area contributed by atoms with Gasteiger partial charge in [-0.05, 0) is 57.0 Å². The quantitative estimate of drug-likeness (QED) is 0.786. The highest BCUT2D eigenvalue weighted by molar-refractivity contribution is 6.30. The Morgan fingerprint density at radius 1 is 1.33 bits per heavy atom. The summed E-state index contributed by atoms with van der Waals surface area (Å²) in [4.78, 5) is 15.2. The van der Waals surface area contributed by atoms with Gasteiger partial charge >= 0.3 is 0 Å². The van der Waals surface area contributed by atoms with E-state index in [-0.39, 0.29) is 17.4 Å². The smallest absolute Gasteiger partial charge is 0.289 e. The average Bonchev–Trinajstić information content (AvgIpc) is 3.03. The summed E-state index contributed by atoms with van der Waals surface area (Å²) in [6, 6.07) is 8.17. The van der Waals surface area contributed by atoms with E-state index < -0.39 is 0 Å². The Morgan fingerprint density at radius 3 is 2.87 bits per heavy atom. The highest BCUT2D eigenvalue weighted by atomic mass is 35.5. The van der Waals surface area contributed by atoms with E-state index in [1.807, 2.05) is 29.7 Å². The molecule has 1 atom stereocenters. The first-order valence-corrected chi connectivity index (χ1v) is 11.1. The molecular formula is C22H30ClN5O2. The molecule has 162 valence electrons. The normalized spacial score (nSPS) is 19.8. The number of ether oxygens (including phenoxy) is 1. The number of amides is 1. The molecule has 1 N–H and O–H groups in total. The molecule has 8 heteroatoms. The van der Waals surface area contributed by atoms with Crippen molar-refractivity contribution in [3.63, 3.8) is 0 Å². The lowest BCUT2D eigenvalue weighted by atomic mass is 9.78. The predicted molar refractivity (Wildman–Crippen MR) is 115 cm³/mol. The number of rotatable bonds is 5. The van der Waals surface area contributed by atoms with E-state index >= 15 is 0 Å². The number of fused-ring (bicyclic) bond motifs is 1. The number of hydrogen-bond donors (Lipinski definition) is 1. The van der Waals surface area contributed by atoms with Crippen molar-refractivity contribution in [3.8, 4) is 0 Å². The summed E-state index contributed by atoms with van der Waals surface area (Å²) in [6.45, 7) is 8.74. The minimum Gasteiger partial charge on any atom is -0.373 e. The summed E-state index contributed by atoms with van der Waals surface area (Å²) < 4.78 is 7.97. The molecule has 1 unspecified atom stereocenters. The number of piperidine rings is 1. The third-order valence-electron chi connectivity index (χ3n) is 6.37. The predicted octanol–water partition coefficient (Wildman–Crippen LogP) is 3.27. The van der Waals surface area contributed by atoms with Crippen LogP contribution in [0.25, 0.3) is 0 Å². The number of likely N-dealkylation sites (tertiary alicyclic amines) is 1. The third kappa shape index (κ3) is 4.68. The van der Waals surface area contributed by atoms with E-state index in [1.165, 1.54) is 5.56 Å². The maximum Gasteiger partial charge on any atom is 0.289 e. The van der Waals surface area contributed by atoms with E-state index in [4.69, 9.17) is 16.3 Å². The van der Waals surface area contributed by atoms with E-state index in [2.05, 4.69) is 33.4 Å². The van der Waals surface area contributed by atoms with E-state index in [0.29, 0.717) is 19.0 Å². The number of nitrogens with zero attached hydrogens (tertiary/aromatic N) is 4. The highest BCUT2D eigenvalue weighted by Gasteiger charge is 2.39. The Labute approximate surface area is 182 Å². The SMILES string of the molecule is CCC(C)NC(=O)c1nnc2n1CC1(CCN(Cc3cccc(Cl)c3)CC1)COC2. The molecule has 1 aromatic heterocycles. The summed E-state index contributed by atoms with van der Waals surface area (Å²) in [5.74, 6) is 0.984. The van der Waals surface area contributed by atoms with Crippen molar-refractivity contribution in [2.45, 2.75) is 58.8 Å². The average molecular weight is 432 g/mol. The van der Waals surface area contributed by atoms with E-state index in [0.717, 1.165) is 56.3 Å². The third-order valence-corrected chi connectivity index (χ3v) is 6.60. The van der Waals surface area contributed by atoms with Crippen LogP contribution < -0.4 is 5.32 Å². The molecule has 0 saturated carbocycles. The van der Waals surface area contributed by atoms with Gasteiger partial charge in [-0.1, -0.05) is 30.7 Å². The first-order chi connectivity index (χ1) is 14.5.